The van der Waals surface area contributed by atoms with Crippen LogP contribution >= 0.6 is 0 Å². The van der Waals surface area contributed by atoms with E-state index >= 15 is 0 Å². The number of pyridine rings is 1. The number of nitrogens with zero attached hydrogens (tertiary/aromatic N) is 2. The molecule has 0 aliphatic rings. The number of rotatable bonds is 8. The van der Waals surface area contributed by atoms with Crippen molar-refractivity contribution >= 4 is 5.78 Å². The first kappa shape index (κ1) is 15.7. The maximum absolute atomic E-state index is 12.7. The van der Waals surface area contributed by atoms with Crippen LogP contribution in [0.3, 0.4) is 0 Å². The summed E-state index contributed by atoms with van der Waals surface area (Å²) in [5, 5.41) is 9.53. The predicted molar refractivity (Wildman–Crippen MR) is 68.5 cm³/mol. The Morgan fingerprint density at radius 1 is 1.58 bits per heavy atom. The third-order valence-electron chi connectivity index (χ3n) is 2.62. The smallest absolute Gasteiger partial charge is 0.182 e. The number of aliphatic hydroxyl groups is 1. The molecule has 1 heterocycles. The Kier molecular flexibility index (Phi) is 6.55. The standard InChI is InChI=1S/C13H19FN2O3/c1-16(8-11(17)9-19-2)6-5-13(18)12-4-3-10(14)7-15-12/h3-4,7,11,17H,5-6,8-9H2,1-2H3. The van der Waals surface area contributed by atoms with Gasteiger partial charge in [0.1, 0.15) is 11.5 Å². The zero-order chi connectivity index (χ0) is 14.3. The maximum Gasteiger partial charge on any atom is 0.182 e. The number of aliphatic hydroxyl groups excluding tert-OH is 1. The number of ether oxygens (including phenoxy) is 1. The van der Waals surface area contributed by atoms with Gasteiger partial charge in [-0.1, -0.05) is 0 Å². The van der Waals surface area contributed by atoms with Gasteiger partial charge < -0.3 is 14.7 Å². The third kappa shape index (κ3) is 5.87. The highest BCUT2D eigenvalue weighted by Crippen LogP contribution is 2.03. The lowest BCUT2D eigenvalue weighted by atomic mass is 10.2. The molecule has 0 fully saturated rings. The van der Waals surface area contributed by atoms with E-state index < -0.39 is 11.9 Å². The summed E-state index contributed by atoms with van der Waals surface area (Å²) >= 11 is 0. The number of ketones is 1. The zero-order valence-corrected chi connectivity index (χ0v) is 11.2. The van der Waals surface area contributed by atoms with Crippen molar-refractivity contribution in [1.82, 2.24) is 9.88 Å². The summed E-state index contributed by atoms with van der Waals surface area (Å²) in [4.78, 5) is 17.3. The summed E-state index contributed by atoms with van der Waals surface area (Å²) in [6.07, 6.45) is 0.725. The second-order valence-corrected chi connectivity index (χ2v) is 4.41. The second-order valence-electron chi connectivity index (χ2n) is 4.41. The Morgan fingerprint density at radius 3 is 2.89 bits per heavy atom. The van der Waals surface area contributed by atoms with Crippen molar-refractivity contribution in [3.05, 3.63) is 29.8 Å². The third-order valence-corrected chi connectivity index (χ3v) is 2.62. The number of likely N-dealkylation sites (N-methyl/N-ethyl adjacent to an activating group) is 1. The molecular weight excluding hydrogens is 251 g/mol. The second kappa shape index (κ2) is 7.93. The van der Waals surface area contributed by atoms with Gasteiger partial charge in [0, 0.05) is 26.6 Å². The molecule has 1 aromatic heterocycles. The molecule has 1 unspecified atom stereocenters. The Bertz CT molecular complexity index is 397. The quantitative estimate of drug-likeness (QED) is 0.706. The molecule has 106 valence electrons. The fourth-order valence-electron chi connectivity index (χ4n) is 1.66. The predicted octanol–water partition coefficient (Wildman–Crippen LogP) is 0.733. The van der Waals surface area contributed by atoms with Gasteiger partial charge in [-0.15, -0.1) is 0 Å². The fraction of sp³-hybridized carbons (Fsp3) is 0.538. The maximum atomic E-state index is 12.7. The van der Waals surface area contributed by atoms with Gasteiger partial charge in [0.2, 0.25) is 0 Å². The minimum absolute atomic E-state index is 0.145. The molecule has 0 spiro atoms. The van der Waals surface area contributed by atoms with Gasteiger partial charge in [0.15, 0.2) is 5.78 Å². The van der Waals surface area contributed by atoms with E-state index in [1.807, 2.05) is 11.9 Å². The van der Waals surface area contributed by atoms with Crippen molar-refractivity contribution < 1.29 is 19.0 Å². The van der Waals surface area contributed by atoms with Crippen molar-refractivity contribution in [1.29, 1.82) is 0 Å². The molecule has 1 rings (SSSR count). The van der Waals surface area contributed by atoms with Gasteiger partial charge >= 0.3 is 0 Å². The molecule has 0 saturated carbocycles. The summed E-state index contributed by atoms with van der Waals surface area (Å²) in [7, 11) is 3.33. The molecule has 5 nitrogen and oxygen atoms in total. The molecule has 6 heteroatoms. The van der Waals surface area contributed by atoms with Crippen molar-refractivity contribution in [2.24, 2.45) is 0 Å². The Labute approximate surface area is 112 Å². The lowest BCUT2D eigenvalue weighted by Crippen LogP contribution is -2.33. The van der Waals surface area contributed by atoms with Crippen molar-refractivity contribution in [2.75, 3.05) is 33.9 Å². The van der Waals surface area contributed by atoms with Gasteiger partial charge in [0.25, 0.3) is 0 Å². The van der Waals surface area contributed by atoms with E-state index in [0.717, 1.165) is 6.20 Å². The van der Waals surface area contributed by atoms with Crippen LogP contribution in [0.2, 0.25) is 0 Å². The first-order valence-corrected chi connectivity index (χ1v) is 6.03. The largest absolute Gasteiger partial charge is 0.389 e. The summed E-state index contributed by atoms with van der Waals surface area (Å²) in [6, 6.07) is 2.59. The molecule has 0 aromatic carbocycles. The minimum Gasteiger partial charge on any atom is -0.389 e. The van der Waals surface area contributed by atoms with Crippen LogP contribution in [0.1, 0.15) is 16.9 Å². The average molecular weight is 270 g/mol. The number of Topliss-reactive ketones (excluding diaryl/α,β-unsaturated/α-hetero) is 1. The molecule has 1 aromatic rings. The lowest BCUT2D eigenvalue weighted by Gasteiger charge is -2.19. The molecule has 0 bridgehead atoms. The van der Waals surface area contributed by atoms with Crippen LogP contribution in [-0.4, -0.2) is 60.7 Å². The molecule has 0 aliphatic heterocycles. The molecule has 1 N–H and O–H groups in total. The molecule has 1 atom stereocenters. The van der Waals surface area contributed by atoms with E-state index in [9.17, 15) is 14.3 Å². The van der Waals surface area contributed by atoms with Crippen molar-refractivity contribution in [3.8, 4) is 0 Å². The highest BCUT2D eigenvalue weighted by Gasteiger charge is 2.11. The van der Waals surface area contributed by atoms with E-state index in [4.69, 9.17) is 4.74 Å². The van der Waals surface area contributed by atoms with Crippen molar-refractivity contribution in [3.63, 3.8) is 0 Å². The molecular formula is C13H19FN2O3. The number of methoxy groups -OCH3 is 1. The summed E-state index contributed by atoms with van der Waals surface area (Å²) in [5.74, 6) is -0.607. The molecule has 0 amide bonds. The summed E-state index contributed by atoms with van der Waals surface area (Å²) in [5.41, 5.74) is 0.257. The van der Waals surface area contributed by atoms with Gasteiger partial charge in [-0.3, -0.25) is 9.78 Å². The number of halogens is 1. The normalized spacial score (nSPS) is 12.7. The summed E-state index contributed by atoms with van der Waals surface area (Å²) in [6.45, 7) is 1.19. The highest BCUT2D eigenvalue weighted by molar-refractivity contribution is 5.94. The Hall–Kier alpha value is -1.37. The van der Waals surface area contributed by atoms with Crippen LogP contribution in [-0.2, 0) is 4.74 Å². The first-order chi connectivity index (χ1) is 9.02. The Balaban J connectivity index is 2.35. The van der Waals surface area contributed by atoms with Gasteiger partial charge in [-0.2, -0.15) is 0 Å². The van der Waals surface area contributed by atoms with E-state index in [1.165, 1.54) is 19.2 Å². The van der Waals surface area contributed by atoms with Crippen LogP contribution in [0.15, 0.2) is 18.3 Å². The van der Waals surface area contributed by atoms with Crippen LogP contribution in [0.4, 0.5) is 4.39 Å². The van der Waals surface area contributed by atoms with E-state index in [1.54, 1.807) is 0 Å². The van der Waals surface area contributed by atoms with E-state index in [-0.39, 0.29) is 24.5 Å². The number of carbonyl (C=O) groups excluding carboxylic acids is 1. The topological polar surface area (TPSA) is 62.7 Å². The van der Waals surface area contributed by atoms with Crippen LogP contribution in [0.25, 0.3) is 0 Å². The Morgan fingerprint density at radius 2 is 2.32 bits per heavy atom. The van der Waals surface area contributed by atoms with Crippen molar-refractivity contribution in [2.45, 2.75) is 12.5 Å². The van der Waals surface area contributed by atoms with Crippen LogP contribution < -0.4 is 0 Å². The highest BCUT2D eigenvalue weighted by atomic mass is 19.1. The summed E-state index contributed by atoms with van der Waals surface area (Å²) < 4.78 is 17.5. The van der Waals surface area contributed by atoms with Gasteiger partial charge in [-0.05, 0) is 19.2 Å². The first-order valence-electron chi connectivity index (χ1n) is 6.03. The number of aromatic nitrogens is 1. The molecule has 0 aliphatic carbocycles. The minimum atomic E-state index is -0.575. The fourth-order valence-corrected chi connectivity index (χ4v) is 1.66. The van der Waals surface area contributed by atoms with Crippen LogP contribution in [0, 0.1) is 5.82 Å². The lowest BCUT2D eigenvalue weighted by molar-refractivity contribution is 0.0428. The molecule has 0 radical (unpaired) electrons. The molecule has 0 saturated heterocycles. The van der Waals surface area contributed by atoms with Gasteiger partial charge in [-0.25, -0.2) is 4.39 Å². The monoisotopic (exact) mass is 270 g/mol. The SMILES string of the molecule is COCC(O)CN(C)CCC(=O)c1ccc(F)cn1. The molecule has 19 heavy (non-hydrogen) atoms. The number of carbonyl (C=O) groups is 1. The van der Waals surface area contributed by atoms with E-state index in [0.29, 0.717) is 13.1 Å². The number of hydrogen-bond donors (Lipinski definition) is 1. The van der Waals surface area contributed by atoms with Crippen LogP contribution in [0.5, 0.6) is 0 Å². The zero-order valence-electron chi connectivity index (χ0n) is 11.2. The van der Waals surface area contributed by atoms with Gasteiger partial charge in [0.05, 0.1) is 18.9 Å². The average Bonchev–Trinajstić information content (AvgIpc) is 2.37. The number of hydrogen-bond acceptors (Lipinski definition) is 5. The van der Waals surface area contributed by atoms with E-state index in [2.05, 4.69) is 4.98 Å².